The highest BCUT2D eigenvalue weighted by Gasteiger charge is 2.29. The van der Waals surface area contributed by atoms with Crippen molar-refractivity contribution in [1.29, 1.82) is 0 Å². The van der Waals surface area contributed by atoms with Gasteiger partial charge in [0.15, 0.2) is 0 Å². The van der Waals surface area contributed by atoms with Crippen LogP contribution in [0.3, 0.4) is 0 Å². The SMILES string of the molecule is Cc1cc(CN2CCc3oc(C(=O)N[C@@H]4CC[C@@H](F)C4)nc3C2)ccc1F. The number of amides is 1. The number of alkyl halides is 1. The van der Waals surface area contributed by atoms with Crippen LogP contribution in [-0.4, -0.2) is 34.5 Å². The van der Waals surface area contributed by atoms with Crippen molar-refractivity contribution >= 4 is 5.91 Å². The summed E-state index contributed by atoms with van der Waals surface area (Å²) in [5.74, 6) is 0.223. The summed E-state index contributed by atoms with van der Waals surface area (Å²) >= 11 is 0. The first-order valence-electron chi connectivity index (χ1n) is 9.39. The Balaban J connectivity index is 1.39. The van der Waals surface area contributed by atoms with Gasteiger partial charge in [0.1, 0.15) is 17.7 Å². The zero-order valence-corrected chi connectivity index (χ0v) is 15.3. The number of rotatable bonds is 4. The lowest BCUT2D eigenvalue weighted by atomic mass is 10.1. The molecule has 1 fully saturated rings. The van der Waals surface area contributed by atoms with Crippen LogP contribution in [0.5, 0.6) is 0 Å². The fourth-order valence-electron chi connectivity index (χ4n) is 3.85. The van der Waals surface area contributed by atoms with Crippen LogP contribution in [0.4, 0.5) is 8.78 Å². The van der Waals surface area contributed by atoms with Crippen LogP contribution < -0.4 is 5.32 Å². The fraction of sp³-hybridized carbons (Fsp3) is 0.500. The maximum Gasteiger partial charge on any atom is 0.307 e. The van der Waals surface area contributed by atoms with Gasteiger partial charge in [-0.2, -0.15) is 0 Å². The highest BCUT2D eigenvalue weighted by molar-refractivity contribution is 5.90. The van der Waals surface area contributed by atoms with E-state index < -0.39 is 6.17 Å². The number of carbonyl (C=O) groups excluding carboxylic acids is 1. The molecule has 2 aliphatic rings. The molecule has 2 atom stereocenters. The second-order valence-corrected chi connectivity index (χ2v) is 7.51. The van der Waals surface area contributed by atoms with Crippen LogP contribution in [0.2, 0.25) is 0 Å². The van der Waals surface area contributed by atoms with Crippen LogP contribution in [0.25, 0.3) is 0 Å². The lowest BCUT2D eigenvalue weighted by Crippen LogP contribution is -2.33. The lowest BCUT2D eigenvalue weighted by Gasteiger charge is -2.25. The molecule has 0 spiro atoms. The molecule has 27 heavy (non-hydrogen) atoms. The number of carbonyl (C=O) groups is 1. The maximum atomic E-state index is 13.4. The van der Waals surface area contributed by atoms with Gasteiger partial charge in [-0.1, -0.05) is 12.1 Å². The minimum absolute atomic E-state index is 0.0572. The monoisotopic (exact) mass is 375 g/mol. The van der Waals surface area contributed by atoms with Crippen molar-refractivity contribution in [2.24, 2.45) is 0 Å². The van der Waals surface area contributed by atoms with Gasteiger partial charge in [0.2, 0.25) is 0 Å². The van der Waals surface area contributed by atoms with E-state index in [-0.39, 0.29) is 23.7 Å². The average Bonchev–Trinajstić information content (AvgIpc) is 3.24. The molecular formula is C20H23F2N3O2. The van der Waals surface area contributed by atoms with Crippen LogP contribution >= 0.6 is 0 Å². The van der Waals surface area contributed by atoms with E-state index in [4.69, 9.17) is 4.42 Å². The van der Waals surface area contributed by atoms with Crippen molar-refractivity contribution in [2.45, 2.75) is 57.9 Å². The predicted octanol–water partition coefficient (Wildman–Crippen LogP) is 3.30. The van der Waals surface area contributed by atoms with Gasteiger partial charge in [-0.25, -0.2) is 13.8 Å². The molecule has 2 heterocycles. The topological polar surface area (TPSA) is 58.4 Å². The molecule has 1 amide bonds. The maximum absolute atomic E-state index is 13.4. The Labute approximate surface area is 156 Å². The molecule has 1 N–H and O–H groups in total. The molecular weight excluding hydrogens is 352 g/mol. The van der Waals surface area contributed by atoms with E-state index in [0.717, 1.165) is 23.6 Å². The molecule has 1 aliphatic heterocycles. The molecule has 7 heteroatoms. The van der Waals surface area contributed by atoms with E-state index in [2.05, 4.69) is 15.2 Å². The quantitative estimate of drug-likeness (QED) is 0.891. The normalized spacial score (nSPS) is 22.6. The number of nitrogens with one attached hydrogen (secondary N) is 1. The minimum atomic E-state index is -0.836. The second-order valence-electron chi connectivity index (χ2n) is 7.51. The molecule has 1 aliphatic carbocycles. The van der Waals surface area contributed by atoms with Gasteiger partial charge < -0.3 is 9.73 Å². The van der Waals surface area contributed by atoms with Gasteiger partial charge in [-0.3, -0.25) is 9.69 Å². The molecule has 5 nitrogen and oxygen atoms in total. The standard InChI is InChI=1S/C20H23F2N3O2/c1-12-8-13(2-5-16(12)22)10-25-7-6-18-17(11-25)24-20(27-18)19(26)23-15-4-3-14(21)9-15/h2,5,8,14-15H,3-4,6-7,9-11H2,1H3,(H,23,26)/t14-,15-/m1/s1. The molecule has 0 unspecified atom stereocenters. The van der Waals surface area contributed by atoms with Crippen LogP contribution in [0.15, 0.2) is 22.6 Å². The molecule has 0 radical (unpaired) electrons. The number of halogens is 2. The number of hydrogen-bond acceptors (Lipinski definition) is 4. The first-order chi connectivity index (χ1) is 13.0. The third-order valence-electron chi connectivity index (χ3n) is 5.33. The summed E-state index contributed by atoms with van der Waals surface area (Å²) in [4.78, 5) is 18.9. The smallest absolute Gasteiger partial charge is 0.307 e. The number of fused-ring (bicyclic) bond motifs is 1. The summed E-state index contributed by atoms with van der Waals surface area (Å²) in [5.41, 5.74) is 2.44. The van der Waals surface area contributed by atoms with Crippen molar-refractivity contribution in [2.75, 3.05) is 6.54 Å². The molecule has 2 aromatic rings. The Morgan fingerprint density at radius 3 is 3.00 bits per heavy atom. The average molecular weight is 375 g/mol. The van der Waals surface area contributed by atoms with Gasteiger partial charge in [0, 0.05) is 32.1 Å². The summed E-state index contributed by atoms with van der Waals surface area (Å²) < 4.78 is 32.3. The molecule has 4 rings (SSSR count). The van der Waals surface area contributed by atoms with E-state index in [1.165, 1.54) is 6.07 Å². The highest BCUT2D eigenvalue weighted by atomic mass is 19.1. The molecule has 1 aromatic carbocycles. The zero-order valence-electron chi connectivity index (χ0n) is 15.3. The Hall–Kier alpha value is -2.28. The Bertz CT molecular complexity index is 852. The van der Waals surface area contributed by atoms with E-state index in [1.807, 2.05) is 6.07 Å². The van der Waals surface area contributed by atoms with Crippen LogP contribution in [0.1, 0.15) is 52.5 Å². The minimum Gasteiger partial charge on any atom is -0.437 e. The fourth-order valence-corrected chi connectivity index (χ4v) is 3.85. The van der Waals surface area contributed by atoms with E-state index in [9.17, 15) is 13.6 Å². The lowest BCUT2D eigenvalue weighted by molar-refractivity contribution is 0.0899. The Kier molecular flexibility index (Phi) is 4.95. The Morgan fingerprint density at radius 1 is 1.41 bits per heavy atom. The van der Waals surface area contributed by atoms with Crippen molar-refractivity contribution in [3.63, 3.8) is 0 Å². The van der Waals surface area contributed by atoms with Gasteiger partial charge in [0.05, 0.1) is 5.69 Å². The van der Waals surface area contributed by atoms with Crippen molar-refractivity contribution in [3.05, 3.63) is 52.5 Å². The second kappa shape index (κ2) is 7.38. The van der Waals surface area contributed by atoms with E-state index in [0.29, 0.717) is 44.3 Å². The van der Waals surface area contributed by atoms with Crippen molar-refractivity contribution in [3.8, 4) is 0 Å². The van der Waals surface area contributed by atoms with Crippen molar-refractivity contribution < 1.29 is 18.0 Å². The number of aromatic nitrogens is 1. The molecule has 0 saturated heterocycles. The van der Waals surface area contributed by atoms with Gasteiger partial charge >= 0.3 is 5.91 Å². The van der Waals surface area contributed by atoms with E-state index >= 15 is 0 Å². The molecule has 1 aromatic heterocycles. The van der Waals surface area contributed by atoms with Gasteiger partial charge in [-0.15, -0.1) is 0 Å². The molecule has 0 bridgehead atoms. The first kappa shape index (κ1) is 18.1. The number of aryl methyl sites for hydroxylation is 1. The Morgan fingerprint density at radius 2 is 2.26 bits per heavy atom. The van der Waals surface area contributed by atoms with Crippen LogP contribution in [0, 0.1) is 12.7 Å². The highest BCUT2D eigenvalue weighted by Crippen LogP contribution is 2.24. The number of hydrogen-bond donors (Lipinski definition) is 1. The van der Waals surface area contributed by atoms with E-state index in [1.54, 1.807) is 13.0 Å². The van der Waals surface area contributed by atoms with Gasteiger partial charge in [0.25, 0.3) is 5.89 Å². The first-order valence-corrected chi connectivity index (χ1v) is 9.39. The predicted molar refractivity (Wildman–Crippen MR) is 95.5 cm³/mol. The zero-order chi connectivity index (χ0) is 19.0. The number of nitrogens with zero attached hydrogens (tertiary/aromatic N) is 2. The van der Waals surface area contributed by atoms with Crippen LogP contribution in [-0.2, 0) is 19.5 Å². The summed E-state index contributed by atoms with van der Waals surface area (Å²) in [6.07, 6.45) is 1.34. The third kappa shape index (κ3) is 4.03. The number of oxazole rings is 1. The summed E-state index contributed by atoms with van der Waals surface area (Å²) in [6.45, 7) is 3.81. The summed E-state index contributed by atoms with van der Waals surface area (Å²) in [5, 5.41) is 2.81. The molecule has 1 saturated carbocycles. The molecule has 144 valence electrons. The summed E-state index contributed by atoms with van der Waals surface area (Å²) in [6, 6.07) is 4.99. The largest absolute Gasteiger partial charge is 0.437 e. The summed E-state index contributed by atoms with van der Waals surface area (Å²) in [7, 11) is 0. The van der Waals surface area contributed by atoms with Crippen molar-refractivity contribution in [1.82, 2.24) is 15.2 Å². The third-order valence-corrected chi connectivity index (χ3v) is 5.33. The van der Waals surface area contributed by atoms with Gasteiger partial charge in [-0.05, 0) is 43.4 Å². The number of benzene rings is 1.